The Morgan fingerprint density at radius 2 is 1.74 bits per heavy atom. The third kappa shape index (κ3) is 4.57. The third-order valence-corrected chi connectivity index (χ3v) is 6.68. The number of pyridine rings is 1. The van der Waals surface area contributed by atoms with E-state index in [1.54, 1.807) is 6.08 Å². The van der Waals surface area contributed by atoms with Gasteiger partial charge in [0.2, 0.25) is 5.91 Å². The monoisotopic (exact) mass is 451 g/mol. The Bertz CT molecular complexity index is 1320. The zero-order valence-electron chi connectivity index (χ0n) is 19.4. The normalized spacial score (nSPS) is 15.1. The zero-order chi connectivity index (χ0) is 23.5. The molecule has 0 saturated carbocycles. The number of hydrogen-bond donors (Lipinski definition) is 1. The lowest BCUT2D eigenvalue weighted by molar-refractivity contribution is -0.127. The second kappa shape index (κ2) is 9.51. The lowest BCUT2D eigenvalue weighted by Gasteiger charge is -2.32. The van der Waals surface area contributed by atoms with Crippen molar-refractivity contribution in [3.8, 4) is 0 Å². The van der Waals surface area contributed by atoms with Gasteiger partial charge in [-0.1, -0.05) is 42.5 Å². The van der Waals surface area contributed by atoms with E-state index in [0.717, 1.165) is 66.0 Å². The first-order chi connectivity index (χ1) is 16.6. The second-order valence-electron chi connectivity index (χ2n) is 8.95. The highest BCUT2D eigenvalue weighted by Gasteiger charge is 2.24. The Labute approximate surface area is 199 Å². The summed E-state index contributed by atoms with van der Waals surface area (Å²) in [5.74, 6) is 1.59. The van der Waals surface area contributed by atoms with E-state index in [4.69, 9.17) is 5.73 Å². The van der Waals surface area contributed by atoms with Crippen molar-refractivity contribution in [2.24, 2.45) is 5.92 Å². The molecule has 1 fully saturated rings. The number of benzene rings is 2. The third-order valence-electron chi connectivity index (χ3n) is 6.68. The molecule has 5 rings (SSSR count). The van der Waals surface area contributed by atoms with Gasteiger partial charge in [0.25, 0.3) is 0 Å². The van der Waals surface area contributed by atoms with Gasteiger partial charge in [0.1, 0.15) is 11.3 Å². The summed E-state index contributed by atoms with van der Waals surface area (Å²) in [6, 6.07) is 19.8. The average molecular weight is 452 g/mol. The molecule has 0 bridgehead atoms. The van der Waals surface area contributed by atoms with Crippen molar-refractivity contribution >= 4 is 28.2 Å². The molecule has 0 aliphatic carbocycles. The van der Waals surface area contributed by atoms with Crippen LogP contribution in [0.5, 0.6) is 0 Å². The number of hydrogen-bond acceptors (Lipinski definition) is 4. The number of imidazole rings is 1. The first kappa shape index (κ1) is 21.9. The van der Waals surface area contributed by atoms with Gasteiger partial charge >= 0.3 is 0 Å². The van der Waals surface area contributed by atoms with Gasteiger partial charge in [0, 0.05) is 37.6 Å². The number of nitrogen functional groups attached to an aromatic ring is 1. The zero-order valence-corrected chi connectivity index (χ0v) is 19.4. The number of nitrogens with two attached hydrogens (primary N) is 1. The van der Waals surface area contributed by atoms with Gasteiger partial charge in [-0.05, 0) is 60.6 Å². The number of likely N-dealkylation sites (tertiary alicyclic amines) is 1. The van der Waals surface area contributed by atoms with Gasteiger partial charge in [-0.2, -0.15) is 0 Å². The van der Waals surface area contributed by atoms with Crippen molar-refractivity contribution in [3.05, 3.63) is 96.1 Å². The van der Waals surface area contributed by atoms with Crippen LogP contribution in [0.15, 0.2) is 79.1 Å². The van der Waals surface area contributed by atoms with Gasteiger partial charge in [-0.3, -0.25) is 9.78 Å². The van der Waals surface area contributed by atoms with Crippen LogP contribution in [-0.2, 0) is 11.3 Å². The molecule has 4 aromatic rings. The number of nitrogens with zero attached hydrogens (tertiary/aromatic N) is 4. The predicted molar refractivity (Wildman–Crippen MR) is 136 cm³/mol. The molecule has 6 nitrogen and oxygen atoms in total. The number of rotatable bonds is 5. The molecule has 6 heteroatoms. The largest absolute Gasteiger partial charge is 0.399 e. The van der Waals surface area contributed by atoms with E-state index in [2.05, 4.69) is 14.5 Å². The number of fused-ring (bicyclic) bond motifs is 1. The number of aryl methyl sites for hydroxylation is 1. The van der Waals surface area contributed by atoms with Crippen LogP contribution in [-0.4, -0.2) is 38.4 Å². The highest BCUT2D eigenvalue weighted by Crippen LogP contribution is 2.27. The summed E-state index contributed by atoms with van der Waals surface area (Å²) in [5, 5.41) is 0. The molecule has 1 aliphatic rings. The Morgan fingerprint density at radius 3 is 2.47 bits per heavy atom. The van der Waals surface area contributed by atoms with E-state index >= 15 is 0 Å². The maximum atomic E-state index is 13.3. The fraction of sp³-hybridized carbons (Fsp3) is 0.250. The molecule has 3 heterocycles. The molecule has 0 atom stereocenters. The first-order valence-electron chi connectivity index (χ1n) is 11.8. The van der Waals surface area contributed by atoms with Crippen LogP contribution in [0.4, 0.5) is 5.69 Å². The van der Waals surface area contributed by atoms with Crippen LogP contribution in [0.25, 0.3) is 16.6 Å². The van der Waals surface area contributed by atoms with Crippen LogP contribution >= 0.6 is 0 Å². The molecule has 34 heavy (non-hydrogen) atoms. The van der Waals surface area contributed by atoms with E-state index in [0.29, 0.717) is 11.6 Å². The highest BCUT2D eigenvalue weighted by molar-refractivity contribution is 5.99. The van der Waals surface area contributed by atoms with Crippen LogP contribution in [0.1, 0.15) is 29.8 Å². The number of aromatic nitrogens is 3. The Hall–Kier alpha value is -3.93. The van der Waals surface area contributed by atoms with Gasteiger partial charge in [-0.15, -0.1) is 0 Å². The molecule has 1 saturated heterocycles. The van der Waals surface area contributed by atoms with E-state index in [1.165, 1.54) is 0 Å². The maximum absolute atomic E-state index is 13.3. The molecule has 0 unspecified atom stereocenters. The molecule has 1 amide bonds. The van der Waals surface area contributed by atoms with Crippen LogP contribution in [0.3, 0.4) is 0 Å². The lowest BCUT2D eigenvalue weighted by atomic mass is 9.95. The van der Waals surface area contributed by atoms with Crippen molar-refractivity contribution < 1.29 is 4.79 Å². The lowest BCUT2D eigenvalue weighted by Crippen LogP contribution is -2.38. The summed E-state index contributed by atoms with van der Waals surface area (Å²) in [7, 11) is 0. The summed E-state index contributed by atoms with van der Waals surface area (Å²) < 4.78 is 2.29. The van der Waals surface area contributed by atoms with Gasteiger partial charge < -0.3 is 15.2 Å². The number of carbonyl (C=O) groups excluding carboxylic acids is 1. The molecule has 2 N–H and O–H groups in total. The predicted octanol–water partition coefficient (Wildman–Crippen LogP) is 4.69. The van der Waals surface area contributed by atoms with E-state index in [1.807, 2.05) is 84.9 Å². The fourth-order valence-corrected chi connectivity index (χ4v) is 4.76. The van der Waals surface area contributed by atoms with Crippen molar-refractivity contribution in [1.82, 2.24) is 19.4 Å². The van der Waals surface area contributed by atoms with Crippen molar-refractivity contribution in [2.75, 3.05) is 18.8 Å². The molecule has 172 valence electrons. The molecule has 2 aromatic carbocycles. The maximum Gasteiger partial charge on any atom is 0.247 e. The summed E-state index contributed by atoms with van der Waals surface area (Å²) in [5.41, 5.74) is 11.6. The van der Waals surface area contributed by atoms with E-state index in [9.17, 15) is 4.79 Å². The molecule has 1 aliphatic heterocycles. The summed E-state index contributed by atoms with van der Waals surface area (Å²) in [4.78, 5) is 24.1. The van der Waals surface area contributed by atoms with Crippen molar-refractivity contribution in [3.63, 3.8) is 0 Å². The first-order valence-corrected chi connectivity index (χ1v) is 11.8. The van der Waals surface area contributed by atoms with Crippen LogP contribution in [0, 0.1) is 12.8 Å². The Balaban J connectivity index is 1.30. The van der Waals surface area contributed by atoms with Gasteiger partial charge in [0.05, 0.1) is 11.7 Å². The summed E-state index contributed by atoms with van der Waals surface area (Å²) >= 11 is 0. The quantitative estimate of drug-likeness (QED) is 0.353. The minimum absolute atomic E-state index is 0.0597. The van der Waals surface area contributed by atoms with Crippen molar-refractivity contribution in [2.45, 2.75) is 26.3 Å². The molecule has 2 aromatic heterocycles. The molecular formula is C28H29N5O. The summed E-state index contributed by atoms with van der Waals surface area (Å²) in [6.07, 6.45) is 7.37. The van der Waals surface area contributed by atoms with Crippen LogP contribution in [0.2, 0.25) is 0 Å². The van der Waals surface area contributed by atoms with Crippen LogP contribution < -0.4 is 5.73 Å². The Morgan fingerprint density at radius 1 is 1.03 bits per heavy atom. The smallest absolute Gasteiger partial charge is 0.247 e. The van der Waals surface area contributed by atoms with Crippen molar-refractivity contribution in [1.29, 1.82) is 0 Å². The van der Waals surface area contributed by atoms with Gasteiger partial charge in [0.15, 0.2) is 0 Å². The number of anilines is 1. The topological polar surface area (TPSA) is 77.0 Å². The fourth-order valence-electron chi connectivity index (χ4n) is 4.76. The molecule has 0 spiro atoms. The minimum Gasteiger partial charge on any atom is -0.399 e. The molecular weight excluding hydrogens is 422 g/mol. The molecule has 0 radical (unpaired) electrons. The van der Waals surface area contributed by atoms with E-state index in [-0.39, 0.29) is 5.91 Å². The number of piperidine rings is 1. The van der Waals surface area contributed by atoms with E-state index < -0.39 is 0 Å². The highest BCUT2D eigenvalue weighted by atomic mass is 16.2. The standard InChI is InChI=1S/C28H29N5O/c1-20-31-26-18-30-14-11-27(26)33(20)19-21-12-15-32(16-13-21)28(34)17-25(22-5-3-2-4-6-22)23-7-9-24(29)10-8-23/h2-11,14,17-18,21H,12-13,15-16,19,29H2,1H3/b25-17+. The minimum atomic E-state index is 0.0597. The summed E-state index contributed by atoms with van der Waals surface area (Å²) in [6.45, 7) is 4.49. The van der Waals surface area contributed by atoms with Gasteiger partial charge in [-0.25, -0.2) is 4.98 Å². The number of carbonyl (C=O) groups is 1. The average Bonchev–Trinajstić information content (AvgIpc) is 3.19. The number of amides is 1. The second-order valence-corrected chi connectivity index (χ2v) is 8.95. The Kier molecular flexibility index (Phi) is 6.12. The SMILES string of the molecule is Cc1nc2cnccc2n1CC1CCN(C(=O)/C=C(\c2ccccc2)c2ccc(N)cc2)CC1.